The maximum atomic E-state index is 12.3. The van der Waals surface area contributed by atoms with Gasteiger partial charge in [0.2, 0.25) is 0 Å². The summed E-state index contributed by atoms with van der Waals surface area (Å²) < 4.78 is 11.1. The van der Waals surface area contributed by atoms with Crippen LogP contribution in [0.15, 0.2) is 18.3 Å². The van der Waals surface area contributed by atoms with Crippen LogP contribution in [0.4, 0.5) is 15.3 Å². The monoisotopic (exact) mass is 395 g/mol. The summed E-state index contributed by atoms with van der Waals surface area (Å²) in [5.41, 5.74) is 0.641. The van der Waals surface area contributed by atoms with E-state index in [2.05, 4.69) is 4.98 Å². The number of anilines is 1. The maximum Gasteiger partial charge on any atom is 0.414 e. The molecular formula is C19H26ClN3O4. The number of likely N-dealkylation sites (tertiary alicyclic amines) is 1. The van der Waals surface area contributed by atoms with Crippen molar-refractivity contribution >= 4 is 29.5 Å². The maximum absolute atomic E-state index is 12.3. The van der Waals surface area contributed by atoms with Crippen molar-refractivity contribution in [3.05, 3.63) is 23.5 Å². The van der Waals surface area contributed by atoms with Gasteiger partial charge in [-0.2, -0.15) is 0 Å². The largest absolute Gasteiger partial charge is 0.449 e. The summed E-state index contributed by atoms with van der Waals surface area (Å²) in [5.74, 6) is 0.336. The van der Waals surface area contributed by atoms with Crippen molar-refractivity contribution in [2.24, 2.45) is 5.92 Å². The molecule has 0 atom stereocenters. The van der Waals surface area contributed by atoms with Gasteiger partial charge in [0.05, 0.1) is 12.3 Å². The third-order valence-corrected chi connectivity index (χ3v) is 5.45. The first-order valence-electron chi connectivity index (χ1n) is 9.50. The first-order chi connectivity index (χ1) is 13.0. The van der Waals surface area contributed by atoms with Crippen LogP contribution in [0.25, 0.3) is 0 Å². The standard InChI is InChI=1S/C19H26ClN3O4/c1-22(15-8-9-21-17(20)12-15)18(24)27-16-6-4-14(5-7-16)13-26-19(25)23-10-2-3-11-23/h8-9,12,14,16H,2-7,10-11,13H2,1H3. The van der Waals surface area contributed by atoms with Gasteiger partial charge in [0, 0.05) is 26.3 Å². The van der Waals surface area contributed by atoms with Gasteiger partial charge in [-0.3, -0.25) is 4.90 Å². The van der Waals surface area contributed by atoms with Crippen molar-refractivity contribution in [1.82, 2.24) is 9.88 Å². The van der Waals surface area contributed by atoms with Gasteiger partial charge in [0.25, 0.3) is 0 Å². The molecule has 27 heavy (non-hydrogen) atoms. The Morgan fingerprint density at radius 2 is 1.96 bits per heavy atom. The molecule has 0 spiro atoms. The molecule has 2 heterocycles. The number of hydrogen-bond acceptors (Lipinski definition) is 5. The third-order valence-electron chi connectivity index (χ3n) is 5.24. The highest BCUT2D eigenvalue weighted by atomic mass is 35.5. The second kappa shape index (κ2) is 9.26. The molecule has 0 aromatic carbocycles. The first-order valence-corrected chi connectivity index (χ1v) is 9.88. The molecule has 0 bridgehead atoms. The fourth-order valence-corrected chi connectivity index (χ4v) is 3.69. The zero-order chi connectivity index (χ0) is 19.2. The van der Waals surface area contributed by atoms with E-state index >= 15 is 0 Å². The van der Waals surface area contributed by atoms with Gasteiger partial charge in [0.15, 0.2) is 0 Å². The van der Waals surface area contributed by atoms with Gasteiger partial charge in [0.1, 0.15) is 11.3 Å². The Kier molecular flexibility index (Phi) is 6.77. The van der Waals surface area contributed by atoms with E-state index in [0.717, 1.165) is 51.6 Å². The van der Waals surface area contributed by atoms with Gasteiger partial charge in [-0.15, -0.1) is 0 Å². The van der Waals surface area contributed by atoms with E-state index in [0.29, 0.717) is 23.4 Å². The van der Waals surface area contributed by atoms with E-state index in [9.17, 15) is 9.59 Å². The normalized spacial score (nSPS) is 22.4. The molecular weight excluding hydrogens is 370 g/mol. The van der Waals surface area contributed by atoms with Crippen LogP contribution in [0, 0.1) is 5.92 Å². The highest BCUT2D eigenvalue weighted by molar-refractivity contribution is 6.29. The number of amides is 2. The zero-order valence-electron chi connectivity index (χ0n) is 15.6. The highest BCUT2D eigenvalue weighted by Crippen LogP contribution is 2.28. The van der Waals surface area contributed by atoms with Crippen LogP contribution >= 0.6 is 11.6 Å². The Morgan fingerprint density at radius 3 is 2.63 bits per heavy atom. The van der Waals surface area contributed by atoms with E-state index in [4.69, 9.17) is 21.1 Å². The van der Waals surface area contributed by atoms with Crippen LogP contribution in [-0.2, 0) is 9.47 Å². The number of hydrogen-bond donors (Lipinski definition) is 0. The Bertz CT molecular complexity index is 658. The van der Waals surface area contributed by atoms with E-state index in [1.54, 1.807) is 30.3 Å². The SMILES string of the molecule is CN(C(=O)OC1CCC(COC(=O)N2CCCC2)CC1)c1ccnc(Cl)c1. The minimum absolute atomic E-state index is 0.109. The topological polar surface area (TPSA) is 72.0 Å². The predicted molar refractivity (Wildman–Crippen MR) is 102 cm³/mol. The number of nitrogens with zero attached hydrogens (tertiary/aromatic N) is 3. The van der Waals surface area contributed by atoms with Crippen molar-refractivity contribution in [3.8, 4) is 0 Å². The number of ether oxygens (including phenoxy) is 2. The lowest BCUT2D eigenvalue weighted by molar-refractivity contribution is 0.0477. The van der Waals surface area contributed by atoms with Crippen molar-refractivity contribution in [2.75, 3.05) is 31.6 Å². The fraction of sp³-hybridized carbons (Fsp3) is 0.632. The average Bonchev–Trinajstić information content (AvgIpc) is 3.21. The predicted octanol–water partition coefficient (Wildman–Crippen LogP) is 4.10. The lowest BCUT2D eigenvalue weighted by Crippen LogP contribution is -2.34. The molecule has 1 aromatic rings. The molecule has 3 rings (SSSR count). The minimum atomic E-state index is -0.402. The van der Waals surface area contributed by atoms with Gasteiger partial charge >= 0.3 is 12.2 Å². The molecule has 148 valence electrons. The van der Waals surface area contributed by atoms with Gasteiger partial charge in [-0.1, -0.05) is 11.6 Å². The molecule has 0 unspecified atom stereocenters. The molecule has 8 heteroatoms. The van der Waals surface area contributed by atoms with Crippen molar-refractivity contribution in [2.45, 2.75) is 44.6 Å². The van der Waals surface area contributed by atoms with Crippen molar-refractivity contribution in [3.63, 3.8) is 0 Å². The summed E-state index contributed by atoms with van der Waals surface area (Å²) in [6.45, 7) is 2.06. The molecule has 1 saturated carbocycles. The number of pyridine rings is 1. The van der Waals surface area contributed by atoms with Crippen LogP contribution in [0.2, 0.25) is 5.15 Å². The van der Waals surface area contributed by atoms with Gasteiger partial charge in [-0.05, 0) is 56.6 Å². The Hall–Kier alpha value is -2.02. The van der Waals surface area contributed by atoms with E-state index in [-0.39, 0.29) is 12.2 Å². The number of carbonyl (C=O) groups excluding carboxylic acids is 2. The quantitative estimate of drug-likeness (QED) is 0.717. The molecule has 2 fully saturated rings. The molecule has 2 amide bonds. The van der Waals surface area contributed by atoms with Gasteiger partial charge in [-0.25, -0.2) is 14.6 Å². The number of carbonyl (C=O) groups is 2. The van der Waals surface area contributed by atoms with E-state index in [1.165, 1.54) is 4.90 Å². The minimum Gasteiger partial charge on any atom is -0.449 e. The van der Waals surface area contributed by atoms with Crippen molar-refractivity contribution < 1.29 is 19.1 Å². The third kappa shape index (κ3) is 5.48. The van der Waals surface area contributed by atoms with Crippen LogP contribution in [0.1, 0.15) is 38.5 Å². The zero-order valence-corrected chi connectivity index (χ0v) is 16.4. The average molecular weight is 396 g/mol. The molecule has 0 N–H and O–H groups in total. The summed E-state index contributed by atoms with van der Waals surface area (Å²) >= 11 is 5.87. The number of halogens is 1. The summed E-state index contributed by atoms with van der Waals surface area (Å²) in [6.07, 6.45) is 6.30. The molecule has 2 aliphatic rings. The molecule has 1 aliphatic heterocycles. The molecule has 1 aliphatic carbocycles. The molecule has 1 aromatic heterocycles. The molecule has 0 radical (unpaired) electrons. The lowest BCUT2D eigenvalue weighted by Gasteiger charge is -2.29. The van der Waals surface area contributed by atoms with Gasteiger partial charge < -0.3 is 14.4 Å². The summed E-state index contributed by atoms with van der Waals surface area (Å²) in [6, 6.07) is 3.33. The number of aromatic nitrogens is 1. The van der Waals surface area contributed by atoms with Crippen LogP contribution in [-0.4, -0.2) is 54.9 Å². The van der Waals surface area contributed by atoms with Crippen LogP contribution in [0.3, 0.4) is 0 Å². The number of rotatable bonds is 4. The lowest BCUT2D eigenvalue weighted by atomic mass is 9.88. The van der Waals surface area contributed by atoms with Crippen LogP contribution < -0.4 is 4.90 Å². The summed E-state index contributed by atoms with van der Waals surface area (Å²) in [5, 5.41) is 0.330. The van der Waals surface area contributed by atoms with E-state index in [1.807, 2.05) is 0 Å². The summed E-state index contributed by atoms with van der Waals surface area (Å²) in [4.78, 5) is 31.4. The first kappa shape index (κ1) is 19.7. The smallest absolute Gasteiger partial charge is 0.414 e. The molecule has 7 nitrogen and oxygen atoms in total. The van der Waals surface area contributed by atoms with Crippen molar-refractivity contribution in [1.29, 1.82) is 0 Å². The highest BCUT2D eigenvalue weighted by Gasteiger charge is 2.27. The second-order valence-electron chi connectivity index (χ2n) is 7.19. The second-order valence-corrected chi connectivity index (χ2v) is 7.58. The molecule has 1 saturated heterocycles. The fourth-order valence-electron chi connectivity index (χ4n) is 3.52. The van der Waals surface area contributed by atoms with Crippen LogP contribution in [0.5, 0.6) is 0 Å². The Morgan fingerprint density at radius 1 is 1.26 bits per heavy atom. The van der Waals surface area contributed by atoms with E-state index < -0.39 is 6.09 Å². The Labute approximate surface area is 164 Å². The summed E-state index contributed by atoms with van der Waals surface area (Å²) in [7, 11) is 1.65. The Balaban J connectivity index is 1.38.